The summed E-state index contributed by atoms with van der Waals surface area (Å²) in [5.41, 5.74) is 15.2. The molecule has 6 nitrogen and oxygen atoms in total. The first kappa shape index (κ1) is 25.0. The first-order valence-electron chi connectivity index (χ1n) is 16.1. The van der Waals surface area contributed by atoms with Gasteiger partial charge in [0.1, 0.15) is 4.83 Å². The molecule has 0 radical (unpaired) electrons. The molecule has 0 atom stereocenters. The van der Waals surface area contributed by atoms with Gasteiger partial charge in [-0.3, -0.25) is 8.80 Å². The maximum Gasteiger partial charge on any atom is 0.183 e. The molecule has 0 saturated carbocycles. The van der Waals surface area contributed by atoms with E-state index < -0.39 is 5.41 Å². The standard InChI is InChI=1S/C41H22N6S/c1-4-12-29-24(8-1)25-9-2-5-13-30(25)41(29)31-14-6-3-10-28(31)36-32(41)21-33-37-45-22-34(47(37)39-38(46(33)36)42-18-19-43-39)23-15-16-26-27-11-7-17-44-40(27)48-35(26)20-23/h1-22H. The molecule has 7 heteroatoms. The molecule has 12 rings (SSSR count). The molecule has 0 unspecified atom stereocenters. The van der Waals surface area contributed by atoms with Crippen LogP contribution >= 0.6 is 11.3 Å². The predicted molar refractivity (Wildman–Crippen MR) is 192 cm³/mol. The summed E-state index contributed by atoms with van der Waals surface area (Å²) < 4.78 is 5.70. The molecule has 2 aliphatic rings. The van der Waals surface area contributed by atoms with Crippen LogP contribution in [-0.2, 0) is 5.41 Å². The largest absolute Gasteiger partial charge is 0.287 e. The Balaban J connectivity index is 1.22. The molecule has 0 N–H and O–H groups in total. The maximum atomic E-state index is 5.13. The molecular formula is C41H22N6S. The van der Waals surface area contributed by atoms with E-state index in [9.17, 15) is 0 Å². The Labute approximate surface area is 277 Å². The monoisotopic (exact) mass is 630 g/mol. The fraction of sp³-hybridized carbons (Fsp3) is 0.0244. The van der Waals surface area contributed by atoms with E-state index in [0.29, 0.717) is 0 Å². The Morgan fingerprint density at radius 2 is 1.21 bits per heavy atom. The number of rotatable bonds is 1. The minimum atomic E-state index is -0.452. The second-order valence-corrected chi connectivity index (χ2v) is 13.7. The highest BCUT2D eigenvalue weighted by atomic mass is 32.1. The van der Waals surface area contributed by atoms with Crippen molar-refractivity contribution < 1.29 is 0 Å². The van der Waals surface area contributed by atoms with Crippen molar-refractivity contribution in [3.05, 3.63) is 156 Å². The van der Waals surface area contributed by atoms with E-state index in [2.05, 4.69) is 117 Å². The number of imidazole rings is 1. The molecule has 4 aromatic carbocycles. The summed E-state index contributed by atoms with van der Waals surface area (Å²) in [7, 11) is 0. The summed E-state index contributed by atoms with van der Waals surface area (Å²) in [4.78, 5) is 20.8. The molecule has 6 aromatic heterocycles. The molecule has 6 heterocycles. The van der Waals surface area contributed by atoms with E-state index >= 15 is 0 Å². The molecule has 0 aliphatic heterocycles. The van der Waals surface area contributed by atoms with Crippen molar-refractivity contribution in [3.63, 3.8) is 0 Å². The minimum absolute atomic E-state index is 0.452. The van der Waals surface area contributed by atoms with Crippen LogP contribution in [0.4, 0.5) is 0 Å². The lowest BCUT2D eigenvalue weighted by Crippen LogP contribution is -2.25. The fourth-order valence-corrected chi connectivity index (χ4v) is 9.87. The van der Waals surface area contributed by atoms with Gasteiger partial charge in [-0.15, -0.1) is 11.3 Å². The zero-order chi connectivity index (χ0) is 31.1. The van der Waals surface area contributed by atoms with Crippen molar-refractivity contribution in [2.45, 2.75) is 5.41 Å². The van der Waals surface area contributed by atoms with Crippen LogP contribution in [0.15, 0.2) is 134 Å². The summed E-state index contributed by atoms with van der Waals surface area (Å²) >= 11 is 1.72. The van der Waals surface area contributed by atoms with Gasteiger partial charge in [0.15, 0.2) is 16.9 Å². The highest BCUT2D eigenvalue weighted by Crippen LogP contribution is 2.63. The lowest BCUT2D eigenvalue weighted by Gasteiger charge is -2.29. The molecule has 48 heavy (non-hydrogen) atoms. The van der Waals surface area contributed by atoms with Crippen LogP contribution in [0.1, 0.15) is 22.3 Å². The van der Waals surface area contributed by atoms with Gasteiger partial charge in [-0.2, -0.15) is 0 Å². The Hall–Kier alpha value is -6.18. The lowest BCUT2D eigenvalue weighted by molar-refractivity contribution is 0.795. The molecule has 222 valence electrons. The predicted octanol–water partition coefficient (Wildman–Crippen LogP) is 9.30. The van der Waals surface area contributed by atoms with E-state index in [0.717, 1.165) is 44.2 Å². The molecule has 10 aromatic rings. The quantitative estimate of drug-likeness (QED) is 0.181. The third kappa shape index (κ3) is 2.78. The molecular weight excluding hydrogens is 609 g/mol. The minimum Gasteiger partial charge on any atom is -0.287 e. The molecule has 2 aliphatic carbocycles. The first-order valence-corrected chi connectivity index (χ1v) is 16.9. The van der Waals surface area contributed by atoms with Gasteiger partial charge in [-0.25, -0.2) is 19.9 Å². The number of hydrogen-bond acceptors (Lipinski definition) is 5. The number of hydrogen-bond donors (Lipinski definition) is 0. The smallest absolute Gasteiger partial charge is 0.183 e. The number of aromatic nitrogens is 6. The summed E-state index contributed by atoms with van der Waals surface area (Å²) in [5, 5.41) is 2.41. The van der Waals surface area contributed by atoms with Gasteiger partial charge in [0.2, 0.25) is 0 Å². The van der Waals surface area contributed by atoms with Gasteiger partial charge in [-0.1, -0.05) is 84.9 Å². The van der Waals surface area contributed by atoms with Crippen molar-refractivity contribution in [1.82, 2.24) is 28.7 Å². The number of benzene rings is 4. The van der Waals surface area contributed by atoms with E-state index in [1.165, 1.54) is 54.4 Å². The van der Waals surface area contributed by atoms with Crippen molar-refractivity contribution in [1.29, 1.82) is 0 Å². The average Bonchev–Trinajstić information content (AvgIpc) is 3.95. The van der Waals surface area contributed by atoms with Crippen LogP contribution in [0.25, 0.3) is 76.4 Å². The van der Waals surface area contributed by atoms with E-state index in [-0.39, 0.29) is 0 Å². The van der Waals surface area contributed by atoms with Gasteiger partial charge in [0.05, 0.1) is 28.5 Å². The van der Waals surface area contributed by atoms with Crippen molar-refractivity contribution in [2.24, 2.45) is 0 Å². The van der Waals surface area contributed by atoms with Crippen LogP contribution in [0.2, 0.25) is 0 Å². The highest BCUT2D eigenvalue weighted by Gasteiger charge is 2.53. The Kier molecular flexibility index (Phi) is 4.47. The second-order valence-electron chi connectivity index (χ2n) is 12.7. The SMILES string of the molecule is c1ccc2c(c1)-c1ccccc1C21c2ccccc2-c2c1cc1c3ncc(-c4ccc5c(c4)sc4ncccc45)n3c3nccnc3n21. The van der Waals surface area contributed by atoms with Crippen molar-refractivity contribution in [3.8, 4) is 33.6 Å². The number of nitrogens with zero attached hydrogens (tertiary/aromatic N) is 6. The zero-order valence-corrected chi connectivity index (χ0v) is 26.1. The number of fused-ring (bicyclic) bond motifs is 20. The van der Waals surface area contributed by atoms with Crippen LogP contribution in [-0.4, -0.2) is 28.7 Å². The second kappa shape index (κ2) is 8.59. The maximum absolute atomic E-state index is 5.13. The van der Waals surface area contributed by atoms with Crippen molar-refractivity contribution in [2.75, 3.05) is 0 Å². The summed E-state index contributed by atoms with van der Waals surface area (Å²) in [6.45, 7) is 0. The summed E-state index contributed by atoms with van der Waals surface area (Å²) in [6, 6.07) is 39.9. The third-order valence-electron chi connectivity index (χ3n) is 10.6. The first-order chi connectivity index (χ1) is 23.8. The molecule has 0 amide bonds. The Morgan fingerprint density at radius 3 is 1.98 bits per heavy atom. The van der Waals surface area contributed by atoms with Gasteiger partial charge in [0.25, 0.3) is 0 Å². The lowest BCUT2D eigenvalue weighted by atomic mass is 9.71. The Morgan fingerprint density at radius 1 is 0.521 bits per heavy atom. The van der Waals surface area contributed by atoms with Crippen molar-refractivity contribution >= 4 is 54.1 Å². The van der Waals surface area contributed by atoms with E-state index in [1.54, 1.807) is 23.7 Å². The zero-order valence-electron chi connectivity index (χ0n) is 25.3. The van der Waals surface area contributed by atoms with Gasteiger partial charge in [-0.05, 0) is 57.6 Å². The Bertz CT molecular complexity index is 2990. The molecule has 1 spiro atoms. The molecule has 0 bridgehead atoms. The summed E-state index contributed by atoms with van der Waals surface area (Å²) in [5.74, 6) is 0. The average molecular weight is 631 g/mol. The van der Waals surface area contributed by atoms with Gasteiger partial charge >= 0.3 is 0 Å². The van der Waals surface area contributed by atoms with Crippen LogP contribution < -0.4 is 0 Å². The van der Waals surface area contributed by atoms with Crippen LogP contribution in [0, 0.1) is 0 Å². The van der Waals surface area contributed by atoms with E-state index in [4.69, 9.17) is 15.0 Å². The number of pyridine rings is 1. The topological polar surface area (TPSA) is 60.4 Å². The third-order valence-corrected chi connectivity index (χ3v) is 11.6. The highest BCUT2D eigenvalue weighted by molar-refractivity contribution is 7.25. The van der Waals surface area contributed by atoms with Gasteiger partial charge < -0.3 is 0 Å². The van der Waals surface area contributed by atoms with E-state index in [1.807, 2.05) is 18.5 Å². The van der Waals surface area contributed by atoms with Crippen LogP contribution in [0.3, 0.4) is 0 Å². The fourth-order valence-electron chi connectivity index (χ4n) is 8.78. The molecule has 0 fully saturated rings. The number of thiophene rings is 1. The summed E-state index contributed by atoms with van der Waals surface area (Å²) in [6.07, 6.45) is 7.42. The molecule has 0 saturated heterocycles. The van der Waals surface area contributed by atoms with Gasteiger partial charge in [0, 0.05) is 45.2 Å². The van der Waals surface area contributed by atoms with Crippen LogP contribution in [0.5, 0.6) is 0 Å². The normalized spacial score (nSPS) is 14.0.